The lowest BCUT2D eigenvalue weighted by Gasteiger charge is -2.32. The highest BCUT2D eigenvalue weighted by Crippen LogP contribution is 2.45. The van der Waals surface area contributed by atoms with Crippen molar-refractivity contribution in [3.8, 4) is 56.9 Å². The number of aromatic nitrogens is 5. The molecule has 0 amide bonds. The summed E-state index contributed by atoms with van der Waals surface area (Å²) in [5.74, 6) is 1.28. The molecule has 0 radical (unpaired) electrons. The molecular formula is C50H47Cl2N7O6S. The first kappa shape index (κ1) is 44.9. The topological polar surface area (TPSA) is 137 Å². The molecule has 338 valence electrons. The maximum absolute atomic E-state index is 13.1. The van der Waals surface area contributed by atoms with Gasteiger partial charge >= 0.3 is 5.97 Å². The minimum Gasteiger partial charge on any atom is -0.496 e. The van der Waals surface area contributed by atoms with Crippen LogP contribution in [0.4, 0.5) is 0 Å². The van der Waals surface area contributed by atoms with Gasteiger partial charge in [0, 0.05) is 68.4 Å². The van der Waals surface area contributed by atoms with Crippen LogP contribution in [0.3, 0.4) is 0 Å². The third-order valence-corrected chi connectivity index (χ3v) is 13.4. The summed E-state index contributed by atoms with van der Waals surface area (Å²) in [6.45, 7) is 7.42. The van der Waals surface area contributed by atoms with Crippen LogP contribution in [0.15, 0.2) is 103 Å². The fourth-order valence-corrected chi connectivity index (χ4v) is 9.42. The third kappa shape index (κ3) is 9.51. The predicted molar refractivity (Wildman–Crippen MR) is 260 cm³/mol. The Hall–Kier alpha value is -6.29. The van der Waals surface area contributed by atoms with Gasteiger partial charge < -0.3 is 29.0 Å². The van der Waals surface area contributed by atoms with Crippen molar-refractivity contribution in [2.45, 2.75) is 26.1 Å². The number of hydrogen-bond donors (Lipinski definition) is 1. The van der Waals surface area contributed by atoms with Gasteiger partial charge in [0.15, 0.2) is 5.82 Å². The number of likely N-dealkylation sites (N-methyl/N-ethyl adjacent to an activating group) is 1. The Bertz CT molecular complexity index is 3060. The number of aryl methyl sites for hydroxylation is 1. The van der Waals surface area contributed by atoms with Crippen LogP contribution in [0.5, 0.6) is 23.1 Å². The lowest BCUT2D eigenvalue weighted by Crippen LogP contribution is -2.45. The standard InChI is InChI=1S/C50H47Cl2N7O6S/c1-30-35(15-16-42(46(30)52)63-24-23-59-21-19-57(2)20-22-59)38-25-32(47-36-14-13-33(51)28-39(36)58(3)55-47)27-44-45(38)49(56-66-44)65-43(50(60)61)26-31-9-5-7-11-40(31)64-29-34-17-18-53-48(54-34)37-10-6-8-12-41(37)62-4/h5-18,25,27-28,43H,19-24,26,29H2,1-4H3,(H,60,61). The average molecular weight is 945 g/mol. The molecule has 1 aliphatic heterocycles. The fourth-order valence-electron chi connectivity index (χ4n) is 8.25. The van der Waals surface area contributed by atoms with E-state index in [0.29, 0.717) is 56.4 Å². The monoisotopic (exact) mass is 943 g/mol. The average Bonchev–Trinajstić information content (AvgIpc) is 3.89. The van der Waals surface area contributed by atoms with Gasteiger partial charge in [-0.15, -0.1) is 0 Å². The number of piperazine rings is 1. The molecule has 8 aromatic rings. The van der Waals surface area contributed by atoms with Gasteiger partial charge in [0.05, 0.1) is 39.0 Å². The Morgan fingerprint density at radius 1 is 0.864 bits per heavy atom. The van der Waals surface area contributed by atoms with Crippen molar-refractivity contribution in [1.29, 1.82) is 0 Å². The number of fused-ring (bicyclic) bond motifs is 2. The summed E-state index contributed by atoms with van der Waals surface area (Å²) in [5.41, 5.74) is 6.87. The molecule has 1 N–H and O–H groups in total. The van der Waals surface area contributed by atoms with Crippen molar-refractivity contribution in [2.24, 2.45) is 7.05 Å². The lowest BCUT2D eigenvalue weighted by molar-refractivity contribution is -0.145. The highest BCUT2D eigenvalue weighted by molar-refractivity contribution is 7.13. The highest BCUT2D eigenvalue weighted by atomic mass is 35.5. The van der Waals surface area contributed by atoms with E-state index in [1.54, 1.807) is 25.4 Å². The first-order chi connectivity index (χ1) is 32.0. The number of carboxylic acids is 1. The zero-order chi connectivity index (χ0) is 45.9. The lowest BCUT2D eigenvalue weighted by atomic mass is 9.94. The second-order valence-electron chi connectivity index (χ2n) is 16.2. The number of benzene rings is 5. The summed E-state index contributed by atoms with van der Waals surface area (Å²) in [7, 11) is 5.63. The van der Waals surface area contributed by atoms with Gasteiger partial charge in [0.25, 0.3) is 0 Å². The van der Waals surface area contributed by atoms with Crippen LogP contribution in [0.25, 0.3) is 54.8 Å². The van der Waals surface area contributed by atoms with Gasteiger partial charge in [0.2, 0.25) is 12.0 Å². The summed E-state index contributed by atoms with van der Waals surface area (Å²) in [5, 5.41) is 18.3. The molecule has 0 saturated carbocycles. The number of ether oxygens (including phenoxy) is 4. The summed E-state index contributed by atoms with van der Waals surface area (Å²) in [6, 6.07) is 30.3. The number of nitrogens with zero attached hydrogens (tertiary/aromatic N) is 7. The molecule has 0 spiro atoms. The fraction of sp³-hybridized carbons (Fsp3) is 0.260. The predicted octanol–water partition coefficient (Wildman–Crippen LogP) is 9.88. The molecule has 16 heteroatoms. The highest BCUT2D eigenvalue weighted by Gasteiger charge is 2.27. The van der Waals surface area contributed by atoms with E-state index in [0.717, 1.165) is 81.8 Å². The van der Waals surface area contributed by atoms with E-state index in [-0.39, 0.29) is 18.9 Å². The minimum atomic E-state index is -1.32. The van der Waals surface area contributed by atoms with Crippen LogP contribution in [0.1, 0.15) is 16.8 Å². The van der Waals surface area contributed by atoms with E-state index in [9.17, 15) is 9.90 Å². The largest absolute Gasteiger partial charge is 0.496 e. The van der Waals surface area contributed by atoms with Crippen LogP contribution < -0.4 is 18.9 Å². The van der Waals surface area contributed by atoms with Gasteiger partial charge in [-0.2, -0.15) is 9.47 Å². The van der Waals surface area contributed by atoms with Crippen LogP contribution >= 0.6 is 34.7 Å². The Morgan fingerprint density at radius 3 is 2.45 bits per heavy atom. The molecule has 5 aromatic carbocycles. The van der Waals surface area contributed by atoms with Gasteiger partial charge in [-0.3, -0.25) is 9.58 Å². The first-order valence-corrected chi connectivity index (χ1v) is 23.0. The number of para-hydroxylation sites is 2. The molecule has 1 aliphatic rings. The van der Waals surface area contributed by atoms with Crippen LogP contribution in [-0.2, 0) is 24.9 Å². The zero-order valence-electron chi connectivity index (χ0n) is 36.8. The van der Waals surface area contributed by atoms with E-state index in [4.69, 9.17) is 56.6 Å². The number of rotatable bonds is 16. The van der Waals surface area contributed by atoms with E-state index >= 15 is 0 Å². The second kappa shape index (κ2) is 19.7. The Morgan fingerprint density at radius 2 is 1.65 bits per heavy atom. The number of hydrogen-bond acceptors (Lipinski definition) is 12. The van der Waals surface area contributed by atoms with Crippen molar-refractivity contribution >= 4 is 61.7 Å². The van der Waals surface area contributed by atoms with Crippen molar-refractivity contribution in [1.82, 2.24) is 33.9 Å². The number of carbonyl (C=O) groups is 1. The van der Waals surface area contributed by atoms with Crippen molar-refractivity contribution in [3.63, 3.8) is 0 Å². The van der Waals surface area contributed by atoms with E-state index in [1.165, 1.54) is 11.5 Å². The molecule has 1 atom stereocenters. The van der Waals surface area contributed by atoms with E-state index < -0.39 is 12.1 Å². The smallest absolute Gasteiger partial charge is 0.345 e. The van der Waals surface area contributed by atoms with E-state index in [2.05, 4.69) is 21.8 Å². The molecule has 0 bridgehead atoms. The molecule has 13 nitrogen and oxygen atoms in total. The molecule has 3 aromatic heterocycles. The Balaban J connectivity index is 1.03. The number of aliphatic carboxylic acids is 1. The molecule has 4 heterocycles. The molecule has 0 aliphatic carbocycles. The maximum atomic E-state index is 13.1. The molecule has 66 heavy (non-hydrogen) atoms. The van der Waals surface area contributed by atoms with Gasteiger partial charge in [-0.1, -0.05) is 59.6 Å². The zero-order valence-corrected chi connectivity index (χ0v) is 39.2. The molecule has 9 rings (SSSR count). The van der Waals surface area contributed by atoms with Gasteiger partial charge in [0.1, 0.15) is 36.2 Å². The number of methoxy groups -OCH3 is 1. The minimum absolute atomic E-state index is 0.0122. The van der Waals surface area contributed by atoms with Crippen LogP contribution in [-0.4, -0.2) is 105 Å². The SMILES string of the molecule is COc1ccccc1-c1nccc(COc2ccccc2CC(Oc2nsc3cc(-c4nn(C)c5cc(Cl)ccc45)cc(-c4ccc(OCCN5CCN(C)CC5)c(Cl)c4C)c23)C(=O)O)n1. The number of halogens is 2. The molecule has 1 unspecified atom stereocenters. The normalized spacial score (nSPS) is 13.8. The van der Waals surface area contributed by atoms with Crippen molar-refractivity contribution in [3.05, 3.63) is 130 Å². The van der Waals surface area contributed by atoms with Gasteiger partial charge in [-0.25, -0.2) is 14.8 Å². The molecule has 1 fully saturated rings. The van der Waals surface area contributed by atoms with Crippen molar-refractivity contribution < 1.29 is 28.8 Å². The van der Waals surface area contributed by atoms with Crippen LogP contribution in [0, 0.1) is 6.92 Å². The maximum Gasteiger partial charge on any atom is 0.345 e. The Kier molecular flexibility index (Phi) is 13.4. The first-order valence-electron chi connectivity index (χ1n) is 21.5. The summed E-state index contributed by atoms with van der Waals surface area (Å²) in [6.07, 6.45) is 0.335. The summed E-state index contributed by atoms with van der Waals surface area (Å²) in [4.78, 5) is 27.0. The van der Waals surface area contributed by atoms with Crippen molar-refractivity contribution in [2.75, 3.05) is 53.5 Å². The summed E-state index contributed by atoms with van der Waals surface area (Å²) >= 11 is 14.8. The Labute approximate surface area is 396 Å². The van der Waals surface area contributed by atoms with Crippen LogP contribution in [0.2, 0.25) is 10.0 Å². The quantitative estimate of drug-likeness (QED) is 0.0988. The third-order valence-electron chi connectivity index (χ3n) is 11.9. The summed E-state index contributed by atoms with van der Waals surface area (Å²) < 4.78 is 31.9. The molecular weight excluding hydrogens is 898 g/mol. The van der Waals surface area contributed by atoms with E-state index in [1.807, 2.05) is 104 Å². The second-order valence-corrected chi connectivity index (χ2v) is 17.8. The number of carboxylic acid groups (broad SMARTS) is 1. The molecule has 1 saturated heterocycles. The van der Waals surface area contributed by atoms with Gasteiger partial charge in [-0.05, 0) is 108 Å².